The van der Waals surface area contributed by atoms with Crippen molar-refractivity contribution in [2.75, 3.05) is 6.61 Å². The molecule has 0 aliphatic carbocycles. The van der Waals surface area contributed by atoms with Crippen LogP contribution in [0.2, 0.25) is 0 Å². The van der Waals surface area contributed by atoms with Gasteiger partial charge in [0.2, 0.25) is 0 Å². The Morgan fingerprint density at radius 1 is 1.31 bits per heavy atom. The van der Waals surface area contributed by atoms with Gasteiger partial charge >= 0.3 is 0 Å². The lowest BCUT2D eigenvalue weighted by Gasteiger charge is -2.36. The van der Waals surface area contributed by atoms with E-state index in [1.165, 1.54) is 0 Å². The Morgan fingerprint density at radius 2 is 2.17 bits per heavy atom. The summed E-state index contributed by atoms with van der Waals surface area (Å²) in [6, 6.07) is 10.4. The molecule has 29 heavy (non-hydrogen) atoms. The molecule has 1 N–H and O–H groups in total. The van der Waals surface area contributed by atoms with Gasteiger partial charge in [0.05, 0.1) is 33.0 Å². The minimum absolute atomic E-state index is 0.0515. The molecule has 2 atom stereocenters. The van der Waals surface area contributed by atoms with Gasteiger partial charge in [-0.05, 0) is 57.4 Å². The number of pyridine rings is 1. The Balaban J connectivity index is 1.61. The fourth-order valence-electron chi connectivity index (χ4n) is 4.39. The predicted octanol–water partition coefficient (Wildman–Crippen LogP) is 4.74. The fraction of sp³-hybridized carbons (Fsp3) is 0.409. The molecular formula is C22H24N4O2S. The molecule has 0 radical (unpaired) electrons. The number of benzene rings is 1. The van der Waals surface area contributed by atoms with Crippen LogP contribution >= 0.6 is 11.8 Å². The van der Waals surface area contributed by atoms with E-state index in [-0.39, 0.29) is 22.5 Å². The van der Waals surface area contributed by atoms with E-state index in [0.717, 1.165) is 45.7 Å². The van der Waals surface area contributed by atoms with E-state index >= 15 is 0 Å². The maximum Gasteiger partial charge on any atom is 0.271 e. The van der Waals surface area contributed by atoms with Crippen LogP contribution in [0.4, 0.5) is 5.82 Å². The molecule has 2 aromatic heterocycles. The second-order valence-electron chi connectivity index (χ2n) is 8.39. The first kappa shape index (κ1) is 18.6. The number of aromatic amines is 1. The highest BCUT2D eigenvalue weighted by molar-refractivity contribution is 8.14. The van der Waals surface area contributed by atoms with Crippen LogP contribution in [0.3, 0.4) is 0 Å². The number of ether oxygens (including phenoxy) is 1. The van der Waals surface area contributed by atoms with Crippen molar-refractivity contribution in [1.29, 1.82) is 0 Å². The fourth-order valence-corrected chi connectivity index (χ4v) is 5.48. The summed E-state index contributed by atoms with van der Waals surface area (Å²) >= 11 is 1.64. The number of hydrogen-bond acceptors (Lipinski definition) is 5. The van der Waals surface area contributed by atoms with Crippen molar-refractivity contribution >= 4 is 33.5 Å². The molecule has 150 valence electrons. The van der Waals surface area contributed by atoms with Crippen LogP contribution in [-0.2, 0) is 4.74 Å². The summed E-state index contributed by atoms with van der Waals surface area (Å²) in [7, 11) is 0. The largest absolute Gasteiger partial charge is 0.375 e. The molecule has 2 aliphatic rings. The Morgan fingerprint density at radius 3 is 3.00 bits per heavy atom. The standard InChI is InChI=1S/C22H24N4O2S/c1-13-24-20-18(21(27)25-26(20)16-8-10-28-22(2,3)12-16)19(29-13)15-6-7-17-14(11-15)5-4-9-23-17/h4-7,9,11,16,19H,8,10,12H2,1-3H3,(H,25,27)/t16-,19-/m0/s1. The molecule has 7 heteroatoms. The number of aliphatic imine (C=N–C) groups is 1. The molecule has 0 amide bonds. The highest BCUT2D eigenvalue weighted by Crippen LogP contribution is 2.45. The van der Waals surface area contributed by atoms with Gasteiger partial charge in [-0.3, -0.25) is 19.6 Å². The van der Waals surface area contributed by atoms with Gasteiger partial charge in [0.1, 0.15) is 0 Å². The average Bonchev–Trinajstić information content (AvgIpc) is 3.02. The van der Waals surface area contributed by atoms with E-state index in [1.54, 1.807) is 18.0 Å². The first-order valence-electron chi connectivity index (χ1n) is 9.96. The second-order valence-corrected chi connectivity index (χ2v) is 9.69. The van der Waals surface area contributed by atoms with Gasteiger partial charge in [0, 0.05) is 18.2 Å². The smallest absolute Gasteiger partial charge is 0.271 e. The summed E-state index contributed by atoms with van der Waals surface area (Å²) in [5.41, 5.74) is 2.54. The van der Waals surface area contributed by atoms with E-state index in [4.69, 9.17) is 9.73 Å². The molecule has 0 unspecified atom stereocenters. The van der Waals surface area contributed by atoms with Crippen LogP contribution in [-0.4, -0.2) is 32.0 Å². The van der Waals surface area contributed by atoms with Crippen molar-refractivity contribution in [1.82, 2.24) is 14.8 Å². The maximum absolute atomic E-state index is 13.0. The first-order chi connectivity index (χ1) is 13.9. The minimum atomic E-state index is -0.204. The Bertz CT molecular complexity index is 1180. The Labute approximate surface area is 173 Å². The van der Waals surface area contributed by atoms with Crippen molar-refractivity contribution in [3.05, 3.63) is 58.0 Å². The number of hydrogen-bond donors (Lipinski definition) is 1. The van der Waals surface area contributed by atoms with E-state index in [2.05, 4.69) is 42.1 Å². The van der Waals surface area contributed by atoms with Crippen LogP contribution < -0.4 is 5.56 Å². The summed E-state index contributed by atoms with van der Waals surface area (Å²) in [5.74, 6) is 0.769. The molecule has 0 saturated carbocycles. The SMILES string of the molecule is CC1=Nc2c(c(=O)[nH]n2[C@H]2CCOC(C)(C)C2)[C@H](c2ccc3ncccc3c2)S1. The zero-order valence-corrected chi connectivity index (χ0v) is 17.6. The third-order valence-corrected chi connectivity index (χ3v) is 6.89. The van der Waals surface area contributed by atoms with Gasteiger partial charge in [0.25, 0.3) is 5.56 Å². The molecule has 1 saturated heterocycles. The quantitative estimate of drug-likeness (QED) is 0.665. The number of fused-ring (bicyclic) bond motifs is 2. The predicted molar refractivity (Wildman–Crippen MR) is 117 cm³/mol. The normalized spacial score (nSPS) is 23.6. The van der Waals surface area contributed by atoms with Gasteiger partial charge in [-0.1, -0.05) is 23.9 Å². The number of nitrogens with one attached hydrogen (secondary N) is 1. The Hall–Kier alpha value is -2.38. The van der Waals surface area contributed by atoms with Crippen LogP contribution in [0.5, 0.6) is 0 Å². The van der Waals surface area contributed by atoms with E-state index in [0.29, 0.717) is 6.61 Å². The number of rotatable bonds is 2. The topological polar surface area (TPSA) is 72.3 Å². The Kier molecular flexibility index (Phi) is 4.40. The van der Waals surface area contributed by atoms with Crippen molar-refractivity contribution < 1.29 is 4.74 Å². The summed E-state index contributed by atoms with van der Waals surface area (Å²) in [4.78, 5) is 22.2. The maximum atomic E-state index is 13.0. The molecule has 2 aliphatic heterocycles. The van der Waals surface area contributed by atoms with Crippen LogP contribution in [0.25, 0.3) is 10.9 Å². The van der Waals surface area contributed by atoms with Gasteiger partial charge in [-0.2, -0.15) is 0 Å². The van der Waals surface area contributed by atoms with Crippen molar-refractivity contribution in [2.45, 2.75) is 50.5 Å². The molecular weight excluding hydrogens is 384 g/mol. The first-order valence-corrected chi connectivity index (χ1v) is 10.8. The zero-order chi connectivity index (χ0) is 20.2. The molecule has 5 rings (SSSR count). The van der Waals surface area contributed by atoms with Crippen LogP contribution in [0.1, 0.15) is 56.0 Å². The van der Waals surface area contributed by atoms with Gasteiger partial charge in [0.15, 0.2) is 5.82 Å². The number of H-pyrrole nitrogens is 1. The third kappa shape index (κ3) is 3.32. The van der Waals surface area contributed by atoms with Gasteiger partial charge in [-0.25, -0.2) is 4.99 Å². The minimum Gasteiger partial charge on any atom is -0.375 e. The highest BCUT2D eigenvalue weighted by Gasteiger charge is 2.35. The van der Waals surface area contributed by atoms with E-state index in [1.807, 2.05) is 23.7 Å². The molecule has 0 spiro atoms. The average molecular weight is 409 g/mol. The second kappa shape index (κ2) is 6.85. The van der Waals surface area contributed by atoms with Crippen LogP contribution in [0, 0.1) is 0 Å². The highest BCUT2D eigenvalue weighted by atomic mass is 32.2. The van der Waals surface area contributed by atoms with Crippen molar-refractivity contribution in [3.8, 4) is 0 Å². The molecule has 6 nitrogen and oxygen atoms in total. The van der Waals surface area contributed by atoms with Crippen LogP contribution in [0.15, 0.2) is 46.3 Å². The molecule has 1 fully saturated rings. The summed E-state index contributed by atoms with van der Waals surface area (Å²) in [5, 5.41) is 5.06. The summed E-state index contributed by atoms with van der Waals surface area (Å²) in [6.07, 6.45) is 3.51. The van der Waals surface area contributed by atoms with Gasteiger partial charge < -0.3 is 4.74 Å². The number of thioether (sulfide) groups is 1. The lowest BCUT2D eigenvalue weighted by molar-refractivity contribution is -0.0705. The monoisotopic (exact) mass is 408 g/mol. The summed E-state index contributed by atoms with van der Waals surface area (Å²) in [6.45, 7) is 6.90. The lowest BCUT2D eigenvalue weighted by Crippen LogP contribution is -2.35. The lowest BCUT2D eigenvalue weighted by atomic mass is 9.94. The number of aromatic nitrogens is 3. The van der Waals surface area contributed by atoms with Crippen molar-refractivity contribution in [2.24, 2.45) is 4.99 Å². The van der Waals surface area contributed by atoms with E-state index < -0.39 is 0 Å². The van der Waals surface area contributed by atoms with Crippen molar-refractivity contribution in [3.63, 3.8) is 0 Å². The molecule has 1 aromatic carbocycles. The third-order valence-electron chi connectivity index (χ3n) is 5.72. The molecule has 0 bridgehead atoms. The summed E-state index contributed by atoms with van der Waals surface area (Å²) < 4.78 is 7.86. The molecule has 4 heterocycles. The molecule has 3 aromatic rings. The number of nitrogens with zero attached hydrogens (tertiary/aromatic N) is 3. The zero-order valence-electron chi connectivity index (χ0n) is 16.8. The van der Waals surface area contributed by atoms with E-state index in [9.17, 15) is 4.79 Å². The van der Waals surface area contributed by atoms with Gasteiger partial charge in [-0.15, -0.1) is 0 Å².